The molecule has 1 aromatic heterocycles. The molecule has 3 heterocycles. The molecule has 0 spiro atoms. The molecule has 312 valence electrons. The highest BCUT2D eigenvalue weighted by Crippen LogP contribution is 2.65. The second-order valence-corrected chi connectivity index (χ2v) is 25.1. The van der Waals surface area contributed by atoms with Gasteiger partial charge in [0.2, 0.25) is 0 Å². The van der Waals surface area contributed by atoms with Gasteiger partial charge in [0.1, 0.15) is 0 Å². The van der Waals surface area contributed by atoms with Crippen LogP contribution in [-0.2, 0) is 21.7 Å². The van der Waals surface area contributed by atoms with Gasteiger partial charge >= 0.3 is 0 Å². The van der Waals surface area contributed by atoms with Crippen molar-refractivity contribution in [1.29, 1.82) is 0 Å². The van der Waals surface area contributed by atoms with Gasteiger partial charge in [-0.2, -0.15) is 0 Å². The standard InChI is InChI=1S/C57H65BN2S/c1-54(2,3)36-13-19-40(20-14-36)59-47-32-39(57(10,11)12)17-23-46(47)58-51-48(59)29-35(43-27-33-25-34-28-44(43)42(34)26-33)30-49(51)60(41-21-15-37(16-22-41)55(4,5)6)52-45-31-38(56(7,8)9)18-24-50(45)61-53(52)58/h13-24,29-34,42-44H,25-28H2,1-12H3/t33?,34?,42?,43-,44?/m0/s1. The first-order valence-corrected chi connectivity index (χ1v) is 24.3. The van der Waals surface area contributed by atoms with Gasteiger partial charge < -0.3 is 9.80 Å². The Labute approximate surface area is 370 Å². The Balaban J connectivity index is 1.24. The maximum absolute atomic E-state index is 2.72. The van der Waals surface area contributed by atoms with Crippen LogP contribution in [0.2, 0.25) is 0 Å². The molecule has 5 aromatic carbocycles. The van der Waals surface area contributed by atoms with Crippen LogP contribution in [0.1, 0.15) is 143 Å². The van der Waals surface area contributed by atoms with E-state index >= 15 is 0 Å². The van der Waals surface area contributed by atoms with E-state index in [0.29, 0.717) is 5.92 Å². The fourth-order valence-electron chi connectivity index (χ4n) is 12.4. The molecule has 2 aliphatic heterocycles. The van der Waals surface area contributed by atoms with Gasteiger partial charge in [-0.25, -0.2) is 0 Å². The summed E-state index contributed by atoms with van der Waals surface area (Å²) in [5, 5.41) is 1.38. The quantitative estimate of drug-likeness (QED) is 0.164. The van der Waals surface area contributed by atoms with E-state index in [-0.39, 0.29) is 28.4 Å². The summed E-state index contributed by atoms with van der Waals surface area (Å²) in [6.07, 6.45) is 5.68. The first-order chi connectivity index (χ1) is 28.7. The minimum absolute atomic E-state index is 0.0148. The lowest BCUT2D eigenvalue weighted by Gasteiger charge is -2.48. The highest BCUT2D eigenvalue weighted by atomic mass is 32.1. The number of fused-ring (bicyclic) bond motifs is 7. The molecule has 2 nitrogen and oxygen atoms in total. The Morgan fingerprint density at radius 3 is 1.66 bits per heavy atom. The van der Waals surface area contributed by atoms with Crippen LogP contribution in [0.5, 0.6) is 0 Å². The molecule has 3 fully saturated rings. The smallest absolute Gasteiger partial charge is 0.264 e. The number of hydrogen-bond acceptors (Lipinski definition) is 3. The normalized spacial score (nSPS) is 22.9. The van der Waals surface area contributed by atoms with E-state index in [0.717, 1.165) is 23.7 Å². The summed E-state index contributed by atoms with van der Waals surface area (Å²) in [5.41, 5.74) is 18.2. The zero-order chi connectivity index (χ0) is 42.7. The van der Waals surface area contributed by atoms with Crippen LogP contribution in [0, 0.1) is 23.7 Å². The van der Waals surface area contributed by atoms with Gasteiger partial charge in [0, 0.05) is 43.3 Å². The van der Waals surface area contributed by atoms with Gasteiger partial charge in [-0.3, -0.25) is 0 Å². The third-order valence-corrected chi connectivity index (χ3v) is 17.1. The van der Waals surface area contributed by atoms with Crippen LogP contribution in [0.4, 0.5) is 34.1 Å². The molecule has 3 saturated carbocycles. The first kappa shape index (κ1) is 39.6. The minimum Gasteiger partial charge on any atom is -0.311 e. The zero-order valence-electron chi connectivity index (χ0n) is 38.8. The lowest BCUT2D eigenvalue weighted by molar-refractivity contribution is 0.0642. The van der Waals surface area contributed by atoms with Gasteiger partial charge in [0.15, 0.2) is 0 Å². The Morgan fingerprint density at radius 2 is 1.05 bits per heavy atom. The Hall–Kier alpha value is -4.28. The zero-order valence-corrected chi connectivity index (χ0v) is 39.6. The molecule has 4 heteroatoms. The number of hydrogen-bond donors (Lipinski definition) is 0. The van der Waals surface area contributed by atoms with E-state index in [1.807, 2.05) is 11.3 Å². The predicted molar refractivity (Wildman–Crippen MR) is 266 cm³/mol. The molecule has 0 radical (unpaired) electrons. The average molecular weight is 821 g/mol. The molecule has 11 rings (SSSR count). The maximum Gasteiger partial charge on any atom is 0.264 e. The lowest BCUT2D eigenvalue weighted by Crippen LogP contribution is -2.60. The summed E-state index contributed by atoms with van der Waals surface area (Å²) in [7, 11) is 0. The summed E-state index contributed by atoms with van der Waals surface area (Å²) in [5.74, 6) is 4.18. The molecule has 5 atom stereocenters. The van der Waals surface area contributed by atoms with E-state index in [4.69, 9.17) is 0 Å². The fraction of sp³-hybridized carbons (Fsp3) is 0.439. The van der Waals surface area contributed by atoms with Crippen molar-refractivity contribution in [3.63, 3.8) is 0 Å². The van der Waals surface area contributed by atoms with Crippen molar-refractivity contribution in [3.05, 3.63) is 125 Å². The van der Waals surface area contributed by atoms with E-state index in [2.05, 4.69) is 190 Å². The second-order valence-electron chi connectivity index (χ2n) is 24.0. The summed E-state index contributed by atoms with van der Waals surface area (Å²) in [6.45, 7) is 28.3. The third-order valence-electron chi connectivity index (χ3n) is 15.9. The van der Waals surface area contributed by atoms with Crippen molar-refractivity contribution in [2.75, 3.05) is 9.80 Å². The fourth-order valence-corrected chi connectivity index (χ4v) is 13.7. The van der Waals surface area contributed by atoms with Crippen molar-refractivity contribution in [1.82, 2.24) is 0 Å². The number of thiophene rings is 1. The van der Waals surface area contributed by atoms with Gasteiger partial charge in [-0.1, -0.05) is 126 Å². The molecular weight excluding hydrogens is 756 g/mol. The van der Waals surface area contributed by atoms with Crippen molar-refractivity contribution in [2.45, 2.75) is 136 Å². The van der Waals surface area contributed by atoms with Crippen LogP contribution in [0.25, 0.3) is 10.1 Å². The SMILES string of the molecule is CC(C)(C)c1ccc(N2c3cc(C(C)(C)C)ccc3B3c4sc5ccc(C(C)(C)C)cc5c4N(c4ccc(C(C)(C)C)cc4)c4cc([C@@H]5CC6CC7CC5C7C6)cc2c43)cc1. The topological polar surface area (TPSA) is 6.48 Å². The number of anilines is 6. The van der Waals surface area contributed by atoms with Gasteiger partial charge in [0.05, 0.1) is 5.69 Å². The lowest BCUT2D eigenvalue weighted by atomic mass is 9.36. The van der Waals surface area contributed by atoms with Crippen molar-refractivity contribution in [3.8, 4) is 0 Å². The number of nitrogens with zero attached hydrogens (tertiary/aromatic N) is 2. The molecule has 5 aliphatic rings. The molecule has 0 amide bonds. The van der Waals surface area contributed by atoms with Crippen LogP contribution in [0.15, 0.2) is 97.1 Å². The molecule has 0 saturated heterocycles. The van der Waals surface area contributed by atoms with E-state index < -0.39 is 0 Å². The summed E-state index contributed by atoms with van der Waals surface area (Å²) in [4.78, 5) is 5.41. The van der Waals surface area contributed by atoms with Crippen molar-refractivity contribution in [2.24, 2.45) is 23.7 Å². The molecule has 3 aliphatic carbocycles. The van der Waals surface area contributed by atoms with Crippen molar-refractivity contribution < 1.29 is 0 Å². The Kier molecular flexibility index (Phi) is 8.52. The second kappa shape index (κ2) is 13.1. The largest absolute Gasteiger partial charge is 0.311 e. The van der Waals surface area contributed by atoms with Gasteiger partial charge in [0.25, 0.3) is 6.71 Å². The minimum atomic E-state index is 0.0148. The third kappa shape index (κ3) is 6.15. The average Bonchev–Trinajstić information content (AvgIpc) is 3.58. The van der Waals surface area contributed by atoms with E-state index in [1.54, 1.807) is 5.56 Å². The number of rotatable bonds is 3. The highest BCUT2D eigenvalue weighted by Gasteiger charge is 2.55. The predicted octanol–water partition coefficient (Wildman–Crippen LogP) is 14.3. The molecule has 2 bridgehead atoms. The first-order valence-electron chi connectivity index (χ1n) is 23.4. The molecular formula is C57H65BN2S. The Morgan fingerprint density at radius 1 is 0.508 bits per heavy atom. The molecule has 61 heavy (non-hydrogen) atoms. The number of benzene rings is 5. The van der Waals surface area contributed by atoms with E-state index in [9.17, 15) is 0 Å². The highest BCUT2D eigenvalue weighted by molar-refractivity contribution is 7.33. The maximum atomic E-state index is 2.72. The van der Waals surface area contributed by atoms with Gasteiger partial charge in [-0.15, -0.1) is 11.3 Å². The summed E-state index contributed by atoms with van der Waals surface area (Å²) >= 11 is 2.03. The van der Waals surface area contributed by atoms with Gasteiger partial charge in [-0.05, 0) is 170 Å². The van der Waals surface area contributed by atoms with Crippen LogP contribution >= 0.6 is 11.3 Å². The van der Waals surface area contributed by atoms with Crippen LogP contribution in [0.3, 0.4) is 0 Å². The van der Waals surface area contributed by atoms with E-state index in [1.165, 1.54) is 108 Å². The Bertz CT molecular complexity index is 2730. The molecule has 4 unspecified atom stereocenters. The van der Waals surface area contributed by atoms with Crippen LogP contribution < -0.4 is 25.5 Å². The molecule has 6 aromatic rings. The molecule has 0 N–H and O–H groups in total. The van der Waals surface area contributed by atoms with Crippen molar-refractivity contribution >= 4 is 78.0 Å². The summed E-state index contributed by atoms with van der Waals surface area (Å²) in [6, 6.07) is 39.5. The monoisotopic (exact) mass is 820 g/mol. The van der Waals surface area contributed by atoms with Crippen LogP contribution in [-0.4, -0.2) is 6.71 Å². The summed E-state index contributed by atoms with van der Waals surface area (Å²) < 4.78 is 2.84.